The molecule has 0 aliphatic rings. The molecule has 0 aliphatic heterocycles. The van der Waals surface area contributed by atoms with Crippen LogP contribution in [0.4, 0.5) is 5.69 Å². The van der Waals surface area contributed by atoms with Crippen molar-refractivity contribution in [1.29, 1.82) is 0 Å². The number of carbonyl (C=O) groups excluding carboxylic acids is 2. The van der Waals surface area contributed by atoms with E-state index >= 15 is 0 Å². The zero-order valence-corrected chi connectivity index (χ0v) is 18.0. The van der Waals surface area contributed by atoms with E-state index in [-0.39, 0.29) is 29.7 Å². The first-order valence-electron chi connectivity index (χ1n) is 9.91. The third-order valence-electron chi connectivity index (χ3n) is 4.89. The van der Waals surface area contributed by atoms with Crippen molar-refractivity contribution in [3.63, 3.8) is 0 Å². The van der Waals surface area contributed by atoms with Gasteiger partial charge >= 0.3 is 0 Å². The maximum absolute atomic E-state index is 12.9. The van der Waals surface area contributed by atoms with Crippen LogP contribution in [0.1, 0.15) is 24.2 Å². The minimum Gasteiger partial charge on any atom is -0.326 e. The van der Waals surface area contributed by atoms with Gasteiger partial charge in [-0.2, -0.15) is 0 Å². The molecule has 0 saturated carbocycles. The normalized spacial score (nSPS) is 11.1. The smallest absolute Gasteiger partial charge is 0.262 e. The van der Waals surface area contributed by atoms with Crippen LogP contribution in [0.3, 0.4) is 0 Å². The van der Waals surface area contributed by atoms with Crippen LogP contribution in [0, 0.1) is 5.92 Å². The van der Waals surface area contributed by atoms with Crippen LogP contribution >= 0.6 is 11.3 Å². The van der Waals surface area contributed by atoms with Crippen molar-refractivity contribution >= 4 is 38.9 Å². The van der Waals surface area contributed by atoms with Crippen molar-refractivity contribution in [3.8, 4) is 10.4 Å². The Kier molecular flexibility index (Phi) is 5.77. The number of amides is 1. The van der Waals surface area contributed by atoms with Crippen molar-refractivity contribution in [1.82, 2.24) is 9.55 Å². The van der Waals surface area contributed by atoms with Crippen LogP contribution in [0.5, 0.6) is 0 Å². The summed E-state index contributed by atoms with van der Waals surface area (Å²) in [6.07, 6.45) is 1.42. The van der Waals surface area contributed by atoms with Gasteiger partial charge in [-0.1, -0.05) is 44.2 Å². The standard InChI is InChI=1S/C24H21N3O3S/c1-15(2)22(29)26-18-10-8-16(9-11-18)20(28)13-27-14-25-23-19(24(27)30)12-21(31-23)17-6-4-3-5-7-17/h3-12,14-15H,13H2,1-2H3,(H,26,29). The molecule has 0 saturated heterocycles. The summed E-state index contributed by atoms with van der Waals surface area (Å²) in [5.74, 6) is -0.422. The predicted octanol–water partition coefficient (Wildman–Crippen LogP) is 4.60. The summed E-state index contributed by atoms with van der Waals surface area (Å²) in [7, 11) is 0. The number of anilines is 1. The van der Waals surface area contributed by atoms with E-state index in [0.717, 1.165) is 10.4 Å². The van der Waals surface area contributed by atoms with Crippen molar-refractivity contribution in [2.24, 2.45) is 5.92 Å². The van der Waals surface area contributed by atoms with Gasteiger partial charge in [0.25, 0.3) is 5.56 Å². The fraction of sp³-hybridized carbons (Fsp3) is 0.167. The number of nitrogens with zero attached hydrogens (tertiary/aromatic N) is 2. The molecule has 2 aromatic heterocycles. The quantitative estimate of drug-likeness (QED) is 0.452. The Labute approximate surface area is 183 Å². The molecule has 0 unspecified atom stereocenters. The van der Waals surface area contributed by atoms with Gasteiger partial charge in [0.05, 0.1) is 18.3 Å². The Morgan fingerprint density at radius 3 is 2.45 bits per heavy atom. The van der Waals surface area contributed by atoms with Gasteiger partial charge in [-0.15, -0.1) is 11.3 Å². The molecule has 0 spiro atoms. The van der Waals surface area contributed by atoms with Gasteiger partial charge in [-0.05, 0) is 35.9 Å². The summed E-state index contributed by atoms with van der Waals surface area (Å²) in [5.41, 5.74) is 1.88. The zero-order chi connectivity index (χ0) is 22.0. The SMILES string of the molecule is CC(C)C(=O)Nc1ccc(C(=O)Cn2cnc3sc(-c4ccccc4)cc3c2=O)cc1. The monoisotopic (exact) mass is 431 g/mol. The Morgan fingerprint density at radius 1 is 1.06 bits per heavy atom. The molecule has 4 rings (SSSR count). The topological polar surface area (TPSA) is 81.1 Å². The number of fused-ring (bicyclic) bond motifs is 1. The van der Waals surface area contributed by atoms with E-state index in [4.69, 9.17) is 0 Å². The van der Waals surface area contributed by atoms with E-state index < -0.39 is 0 Å². The fourth-order valence-electron chi connectivity index (χ4n) is 3.09. The summed E-state index contributed by atoms with van der Waals surface area (Å²) < 4.78 is 1.33. The molecule has 156 valence electrons. The number of hydrogen-bond donors (Lipinski definition) is 1. The molecule has 2 aromatic carbocycles. The molecular formula is C24H21N3O3S. The second-order valence-corrected chi connectivity index (χ2v) is 8.55. The number of benzene rings is 2. The van der Waals surface area contributed by atoms with Crippen LogP contribution < -0.4 is 10.9 Å². The van der Waals surface area contributed by atoms with Gasteiger partial charge in [0, 0.05) is 22.0 Å². The molecule has 1 amide bonds. The lowest BCUT2D eigenvalue weighted by Crippen LogP contribution is -2.24. The number of ketones is 1. The number of rotatable bonds is 6. The Balaban J connectivity index is 1.54. The average molecular weight is 432 g/mol. The minimum absolute atomic E-state index is 0.0874. The molecule has 0 bridgehead atoms. The van der Waals surface area contributed by atoms with E-state index in [2.05, 4.69) is 10.3 Å². The Morgan fingerprint density at radius 2 is 1.77 bits per heavy atom. The maximum atomic E-state index is 12.9. The Hall–Kier alpha value is -3.58. The Bertz CT molecular complexity index is 1310. The fourth-order valence-corrected chi connectivity index (χ4v) is 4.08. The number of thiophene rings is 1. The van der Waals surface area contributed by atoms with E-state index in [1.54, 1.807) is 24.3 Å². The molecular weight excluding hydrogens is 410 g/mol. The minimum atomic E-state index is -0.238. The number of nitrogens with one attached hydrogen (secondary N) is 1. The van der Waals surface area contributed by atoms with Crippen LogP contribution in [0.15, 0.2) is 71.8 Å². The molecule has 4 aromatic rings. The summed E-state index contributed by atoms with van der Waals surface area (Å²) in [6, 6.07) is 18.3. The van der Waals surface area contributed by atoms with Crippen LogP contribution in [0.2, 0.25) is 0 Å². The van der Waals surface area contributed by atoms with Crippen LogP contribution in [0.25, 0.3) is 20.7 Å². The highest BCUT2D eigenvalue weighted by molar-refractivity contribution is 7.21. The summed E-state index contributed by atoms with van der Waals surface area (Å²) in [5, 5.41) is 3.29. The van der Waals surface area contributed by atoms with Gasteiger partial charge in [-0.3, -0.25) is 19.0 Å². The first-order chi connectivity index (χ1) is 14.9. The second kappa shape index (κ2) is 8.65. The predicted molar refractivity (Wildman–Crippen MR) is 124 cm³/mol. The van der Waals surface area contributed by atoms with Gasteiger partial charge in [0.15, 0.2) is 5.78 Å². The summed E-state index contributed by atoms with van der Waals surface area (Å²) >= 11 is 1.45. The molecule has 6 nitrogen and oxygen atoms in total. The number of Topliss-reactive ketones (excluding diaryl/α,β-unsaturated/α-hetero) is 1. The van der Waals surface area contributed by atoms with E-state index in [0.29, 0.717) is 21.5 Å². The average Bonchev–Trinajstić information content (AvgIpc) is 3.22. The first-order valence-corrected chi connectivity index (χ1v) is 10.7. The maximum Gasteiger partial charge on any atom is 0.262 e. The molecule has 0 atom stereocenters. The molecule has 2 heterocycles. The highest BCUT2D eigenvalue weighted by atomic mass is 32.1. The van der Waals surface area contributed by atoms with Crippen LogP contribution in [-0.4, -0.2) is 21.2 Å². The van der Waals surface area contributed by atoms with Gasteiger partial charge in [0.2, 0.25) is 5.91 Å². The van der Waals surface area contributed by atoms with Crippen molar-refractivity contribution in [2.45, 2.75) is 20.4 Å². The number of hydrogen-bond acceptors (Lipinski definition) is 5. The van der Waals surface area contributed by atoms with Crippen molar-refractivity contribution < 1.29 is 9.59 Å². The third-order valence-corrected chi connectivity index (χ3v) is 5.98. The molecule has 7 heteroatoms. The van der Waals surface area contributed by atoms with Crippen molar-refractivity contribution in [3.05, 3.63) is 82.9 Å². The lowest BCUT2D eigenvalue weighted by atomic mass is 10.1. The van der Waals surface area contributed by atoms with E-state index in [1.807, 2.05) is 50.2 Å². The lowest BCUT2D eigenvalue weighted by Gasteiger charge is -2.09. The molecule has 0 fully saturated rings. The third kappa shape index (κ3) is 4.46. The molecule has 0 radical (unpaired) electrons. The number of aromatic nitrogens is 2. The molecule has 31 heavy (non-hydrogen) atoms. The first kappa shape index (κ1) is 20.7. The summed E-state index contributed by atoms with van der Waals surface area (Å²) in [4.78, 5) is 43.4. The van der Waals surface area contributed by atoms with Gasteiger partial charge in [-0.25, -0.2) is 4.98 Å². The second-order valence-electron chi connectivity index (χ2n) is 7.52. The van der Waals surface area contributed by atoms with E-state index in [9.17, 15) is 14.4 Å². The zero-order valence-electron chi connectivity index (χ0n) is 17.2. The van der Waals surface area contributed by atoms with E-state index in [1.165, 1.54) is 22.2 Å². The molecule has 1 N–H and O–H groups in total. The van der Waals surface area contributed by atoms with Gasteiger partial charge in [0.1, 0.15) is 4.83 Å². The van der Waals surface area contributed by atoms with Crippen LogP contribution in [-0.2, 0) is 11.3 Å². The molecule has 0 aliphatic carbocycles. The largest absolute Gasteiger partial charge is 0.326 e. The lowest BCUT2D eigenvalue weighted by molar-refractivity contribution is -0.118. The van der Waals surface area contributed by atoms with Crippen molar-refractivity contribution in [2.75, 3.05) is 5.32 Å². The highest BCUT2D eigenvalue weighted by Gasteiger charge is 2.14. The summed E-state index contributed by atoms with van der Waals surface area (Å²) in [6.45, 7) is 3.52. The number of carbonyl (C=O) groups is 2. The highest BCUT2D eigenvalue weighted by Crippen LogP contribution is 2.30. The van der Waals surface area contributed by atoms with Gasteiger partial charge < -0.3 is 5.32 Å².